The number of hydrogen-bond donors (Lipinski definition) is 0. The molecule has 0 saturated heterocycles. The van der Waals surface area contributed by atoms with Gasteiger partial charge in [0.05, 0.1) is 0 Å². The SMILES string of the molecule is c1ccc(-c2ccccc2Cc2cccc3c2ccc2oc4ccccc4c23)cc1. The van der Waals surface area contributed by atoms with Crippen molar-refractivity contribution in [1.82, 2.24) is 0 Å². The molecule has 1 nitrogen and oxygen atoms in total. The molecule has 0 unspecified atom stereocenters. The van der Waals surface area contributed by atoms with Gasteiger partial charge in [0.25, 0.3) is 0 Å². The maximum absolute atomic E-state index is 6.10. The first-order valence-electron chi connectivity index (χ1n) is 10.3. The van der Waals surface area contributed by atoms with E-state index in [4.69, 9.17) is 4.42 Å². The van der Waals surface area contributed by atoms with Crippen LogP contribution in [0.2, 0.25) is 0 Å². The highest BCUT2D eigenvalue weighted by atomic mass is 16.3. The van der Waals surface area contributed by atoms with E-state index in [0.717, 1.165) is 17.6 Å². The first-order valence-corrected chi connectivity index (χ1v) is 10.3. The van der Waals surface area contributed by atoms with Crippen molar-refractivity contribution in [2.24, 2.45) is 0 Å². The van der Waals surface area contributed by atoms with Crippen molar-refractivity contribution in [2.75, 3.05) is 0 Å². The van der Waals surface area contributed by atoms with E-state index in [1.807, 2.05) is 12.1 Å². The summed E-state index contributed by atoms with van der Waals surface area (Å²) in [5.41, 5.74) is 7.13. The molecule has 1 aromatic heterocycles. The van der Waals surface area contributed by atoms with Crippen molar-refractivity contribution < 1.29 is 4.42 Å². The first kappa shape index (κ1) is 17.1. The van der Waals surface area contributed by atoms with Gasteiger partial charge in [0.2, 0.25) is 0 Å². The minimum atomic E-state index is 0.893. The van der Waals surface area contributed by atoms with Crippen molar-refractivity contribution >= 4 is 32.7 Å². The predicted molar refractivity (Wildman–Crippen MR) is 126 cm³/mol. The Labute approximate surface area is 175 Å². The third-order valence-electron chi connectivity index (χ3n) is 5.97. The second-order valence-electron chi connectivity index (χ2n) is 7.75. The first-order chi connectivity index (χ1) is 14.9. The zero-order valence-electron chi connectivity index (χ0n) is 16.5. The van der Waals surface area contributed by atoms with E-state index in [2.05, 4.69) is 97.1 Å². The van der Waals surface area contributed by atoms with E-state index < -0.39 is 0 Å². The van der Waals surface area contributed by atoms with Gasteiger partial charge in [-0.3, -0.25) is 0 Å². The Kier molecular flexibility index (Phi) is 3.92. The Hall–Kier alpha value is -3.84. The zero-order valence-corrected chi connectivity index (χ0v) is 16.5. The van der Waals surface area contributed by atoms with Crippen LogP contribution >= 0.6 is 0 Å². The summed E-state index contributed by atoms with van der Waals surface area (Å²) in [4.78, 5) is 0. The average Bonchev–Trinajstić information content (AvgIpc) is 3.19. The molecule has 6 aromatic rings. The smallest absolute Gasteiger partial charge is 0.136 e. The van der Waals surface area contributed by atoms with Gasteiger partial charge in [0.15, 0.2) is 0 Å². The largest absolute Gasteiger partial charge is 0.456 e. The van der Waals surface area contributed by atoms with Crippen molar-refractivity contribution in [2.45, 2.75) is 6.42 Å². The molecule has 1 heterocycles. The highest BCUT2D eigenvalue weighted by Crippen LogP contribution is 2.36. The van der Waals surface area contributed by atoms with Gasteiger partial charge in [-0.1, -0.05) is 97.1 Å². The van der Waals surface area contributed by atoms with Crippen molar-refractivity contribution in [3.8, 4) is 11.1 Å². The lowest BCUT2D eigenvalue weighted by Crippen LogP contribution is -1.93. The number of rotatable bonds is 3. The van der Waals surface area contributed by atoms with Crippen LogP contribution in [0.25, 0.3) is 43.8 Å². The van der Waals surface area contributed by atoms with Gasteiger partial charge in [0, 0.05) is 10.8 Å². The van der Waals surface area contributed by atoms with Crippen molar-refractivity contribution in [3.05, 3.63) is 120 Å². The van der Waals surface area contributed by atoms with Gasteiger partial charge in [-0.15, -0.1) is 0 Å². The van der Waals surface area contributed by atoms with Gasteiger partial charge in [0.1, 0.15) is 11.2 Å². The molecule has 0 fully saturated rings. The molecule has 0 aliphatic heterocycles. The maximum Gasteiger partial charge on any atom is 0.136 e. The third kappa shape index (κ3) is 2.71. The van der Waals surface area contributed by atoms with Gasteiger partial charge >= 0.3 is 0 Å². The van der Waals surface area contributed by atoms with Crippen molar-refractivity contribution in [1.29, 1.82) is 0 Å². The molecule has 0 atom stereocenters. The van der Waals surface area contributed by atoms with E-state index in [9.17, 15) is 0 Å². The second kappa shape index (κ2) is 6.89. The van der Waals surface area contributed by atoms with Crippen LogP contribution in [0.1, 0.15) is 11.1 Å². The van der Waals surface area contributed by atoms with E-state index in [-0.39, 0.29) is 0 Å². The Morgan fingerprint density at radius 1 is 0.467 bits per heavy atom. The fourth-order valence-corrected chi connectivity index (χ4v) is 4.58. The number of fused-ring (bicyclic) bond motifs is 5. The maximum atomic E-state index is 6.10. The summed E-state index contributed by atoms with van der Waals surface area (Å²) in [5.74, 6) is 0. The van der Waals surface area contributed by atoms with Gasteiger partial charge in [-0.2, -0.15) is 0 Å². The Bertz CT molecular complexity index is 1510. The summed E-state index contributed by atoms with van der Waals surface area (Å²) in [7, 11) is 0. The van der Waals surface area contributed by atoms with E-state index in [1.165, 1.54) is 43.8 Å². The Balaban J connectivity index is 1.54. The van der Waals surface area contributed by atoms with Crippen LogP contribution in [0, 0.1) is 0 Å². The van der Waals surface area contributed by atoms with Gasteiger partial charge in [-0.05, 0) is 51.6 Å². The number of benzene rings is 5. The van der Waals surface area contributed by atoms with Crippen LogP contribution in [0.5, 0.6) is 0 Å². The molecule has 0 radical (unpaired) electrons. The fourth-order valence-electron chi connectivity index (χ4n) is 4.58. The minimum Gasteiger partial charge on any atom is -0.456 e. The molecule has 30 heavy (non-hydrogen) atoms. The molecule has 0 saturated carbocycles. The highest BCUT2D eigenvalue weighted by molar-refractivity contribution is 6.19. The summed E-state index contributed by atoms with van der Waals surface area (Å²) in [6, 6.07) is 38.6. The molecule has 0 amide bonds. The lowest BCUT2D eigenvalue weighted by molar-refractivity contribution is 0.669. The zero-order chi connectivity index (χ0) is 19.9. The predicted octanol–water partition coefficient (Wildman–Crippen LogP) is 8.00. The molecule has 0 aliphatic carbocycles. The Morgan fingerprint density at radius 2 is 1.20 bits per heavy atom. The van der Waals surface area contributed by atoms with Crippen LogP contribution < -0.4 is 0 Å². The molecule has 0 spiro atoms. The van der Waals surface area contributed by atoms with Crippen molar-refractivity contribution in [3.63, 3.8) is 0 Å². The lowest BCUT2D eigenvalue weighted by Gasteiger charge is -2.12. The number of hydrogen-bond acceptors (Lipinski definition) is 1. The van der Waals surface area contributed by atoms with E-state index in [0.29, 0.717) is 0 Å². The molecule has 0 N–H and O–H groups in total. The lowest BCUT2D eigenvalue weighted by atomic mass is 9.92. The van der Waals surface area contributed by atoms with Crippen LogP contribution in [0.3, 0.4) is 0 Å². The van der Waals surface area contributed by atoms with Crippen LogP contribution in [0.15, 0.2) is 114 Å². The summed E-state index contributed by atoms with van der Waals surface area (Å²) < 4.78 is 6.10. The second-order valence-corrected chi connectivity index (χ2v) is 7.75. The molecule has 0 aliphatic rings. The van der Waals surface area contributed by atoms with Crippen LogP contribution in [-0.4, -0.2) is 0 Å². The third-order valence-corrected chi connectivity index (χ3v) is 5.97. The molecule has 142 valence electrons. The molecule has 6 rings (SSSR count). The van der Waals surface area contributed by atoms with E-state index in [1.54, 1.807) is 0 Å². The number of para-hydroxylation sites is 1. The molecular weight excluding hydrogens is 364 g/mol. The quantitative estimate of drug-likeness (QED) is 0.301. The average molecular weight is 384 g/mol. The molecular formula is C29H20O. The summed E-state index contributed by atoms with van der Waals surface area (Å²) in [6.07, 6.45) is 0.893. The topological polar surface area (TPSA) is 13.1 Å². The Morgan fingerprint density at radius 3 is 2.13 bits per heavy atom. The molecule has 1 heteroatoms. The summed E-state index contributed by atoms with van der Waals surface area (Å²) in [6.45, 7) is 0. The molecule has 0 bridgehead atoms. The monoisotopic (exact) mass is 384 g/mol. The van der Waals surface area contributed by atoms with Gasteiger partial charge in [-0.25, -0.2) is 0 Å². The molecule has 5 aromatic carbocycles. The standard InChI is InChI=1S/C29H20O/c1-2-9-20(10-3-1)23-13-5-4-11-21(23)19-22-12-8-15-25-24(22)17-18-28-29(25)26-14-6-7-16-27(26)30-28/h1-18H,19H2. The minimum absolute atomic E-state index is 0.893. The normalized spacial score (nSPS) is 11.5. The van der Waals surface area contributed by atoms with Gasteiger partial charge < -0.3 is 4.42 Å². The van der Waals surface area contributed by atoms with E-state index >= 15 is 0 Å². The summed E-state index contributed by atoms with van der Waals surface area (Å²) >= 11 is 0. The fraction of sp³-hybridized carbons (Fsp3) is 0.0345. The van der Waals surface area contributed by atoms with Crippen LogP contribution in [0.4, 0.5) is 0 Å². The van der Waals surface area contributed by atoms with Crippen LogP contribution in [-0.2, 0) is 6.42 Å². The highest BCUT2D eigenvalue weighted by Gasteiger charge is 2.13. The summed E-state index contributed by atoms with van der Waals surface area (Å²) in [5, 5.41) is 4.94. The number of furan rings is 1.